The molecular weight excluding hydrogens is 432 g/mol. The van der Waals surface area contributed by atoms with Crippen LogP contribution >= 0.6 is 0 Å². The van der Waals surface area contributed by atoms with E-state index in [4.69, 9.17) is 9.16 Å². The van der Waals surface area contributed by atoms with E-state index in [0.29, 0.717) is 0 Å². The van der Waals surface area contributed by atoms with Crippen molar-refractivity contribution in [2.75, 3.05) is 0 Å². The second kappa shape index (κ2) is 7.10. The van der Waals surface area contributed by atoms with Gasteiger partial charge in [-0.25, -0.2) is 0 Å². The van der Waals surface area contributed by atoms with Gasteiger partial charge in [-0.3, -0.25) is 0 Å². The molecule has 1 heterocycles. The Morgan fingerprint density at radius 3 is 2.35 bits per heavy atom. The van der Waals surface area contributed by atoms with Gasteiger partial charge in [0.2, 0.25) is 8.32 Å². The summed E-state index contributed by atoms with van der Waals surface area (Å²) in [5, 5.41) is 2.59. The third kappa shape index (κ3) is 3.00. The zero-order valence-corrected chi connectivity index (χ0v) is 21.5. The van der Waals surface area contributed by atoms with Crippen molar-refractivity contribution in [1.29, 1.82) is 0 Å². The molecule has 0 saturated carbocycles. The fourth-order valence-corrected chi connectivity index (χ4v) is 6.02. The van der Waals surface area contributed by atoms with Crippen LogP contribution in [0.25, 0.3) is 28.0 Å². The molecule has 4 aromatic carbocycles. The molecule has 3 heteroatoms. The summed E-state index contributed by atoms with van der Waals surface area (Å²) in [7, 11) is -1.94. The van der Waals surface area contributed by atoms with Crippen LogP contribution in [0, 0.1) is 0 Å². The van der Waals surface area contributed by atoms with E-state index < -0.39 is 13.9 Å². The minimum atomic E-state index is -1.94. The van der Waals surface area contributed by atoms with Gasteiger partial charge in [-0.05, 0) is 70.4 Å². The van der Waals surface area contributed by atoms with Gasteiger partial charge in [-0.1, -0.05) is 81.4 Å². The van der Waals surface area contributed by atoms with Crippen LogP contribution in [0.5, 0.6) is 11.5 Å². The number of ether oxygens (including phenoxy) is 1. The molecule has 170 valence electrons. The van der Waals surface area contributed by atoms with Gasteiger partial charge in [0.25, 0.3) is 0 Å². The lowest BCUT2D eigenvalue weighted by Crippen LogP contribution is -2.43. The fourth-order valence-electron chi connectivity index (χ4n) is 5.00. The first-order valence-corrected chi connectivity index (χ1v) is 14.9. The standard InChI is InChI=1S/C31H30O2Si/c1-30(2,3)34(4,5)33-22-15-16-28-26(20-22)24-12-8-9-13-27(24)31(28)19-18-25-23-11-7-6-10-21(23)14-17-29(25)32-31/h6-20H,1-5H3/t31-/m0/s1. The highest BCUT2D eigenvalue weighted by Crippen LogP contribution is 2.54. The van der Waals surface area contributed by atoms with Gasteiger partial charge in [0.1, 0.15) is 11.5 Å². The van der Waals surface area contributed by atoms with Crippen LogP contribution in [0.15, 0.2) is 84.9 Å². The number of benzene rings is 4. The third-order valence-electron chi connectivity index (χ3n) is 7.87. The Bertz CT molecular complexity index is 1470. The first-order chi connectivity index (χ1) is 16.2. The molecule has 34 heavy (non-hydrogen) atoms. The van der Waals surface area contributed by atoms with E-state index in [2.05, 4.69) is 125 Å². The average Bonchev–Trinajstić information content (AvgIpc) is 3.07. The Labute approximate surface area is 203 Å². The predicted molar refractivity (Wildman–Crippen MR) is 144 cm³/mol. The first kappa shape index (κ1) is 21.2. The Morgan fingerprint density at radius 1 is 0.794 bits per heavy atom. The molecular formula is C31H30O2Si. The van der Waals surface area contributed by atoms with Gasteiger partial charge in [-0.15, -0.1) is 0 Å². The first-order valence-electron chi connectivity index (χ1n) is 12.0. The summed E-state index contributed by atoms with van der Waals surface area (Å²) >= 11 is 0. The van der Waals surface area contributed by atoms with E-state index in [1.807, 2.05) is 0 Å². The molecule has 1 atom stereocenters. The SMILES string of the molecule is CC(C)(C)[Si](C)(C)Oc1ccc2c(c1)-c1ccccc1[C@@]21C=Cc2c(ccc3ccccc23)O1. The van der Waals surface area contributed by atoms with Crippen LogP contribution in [0.1, 0.15) is 37.5 Å². The van der Waals surface area contributed by atoms with Crippen LogP contribution in [0.4, 0.5) is 0 Å². The lowest BCUT2D eigenvalue weighted by atomic mass is 9.87. The Balaban J connectivity index is 1.49. The molecule has 4 aromatic rings. The molecule has 0 N–H and O–H groups in total. The minimum Gasteiger partial charge on any atom is -0.543 e. The van der Waals surface area contributed by atoms with E-state index in [0.717, 1.165) is 17.1 Å². The number of fused-ring (bicyclic) bond motifs is 8. The van der Waals surface area contributed by atoms with Crippen molar-refractivity contribution < 1.29 is 9.16 Å². The summed E-state index contributed by atoms with van der Waals surface area (Å²) in [5.74, 6) is 1.87. The van der Waals surface area contributed by atoms with Crippen LogP contribution in [-0.4, -0.2) is 8.32 Å². The van der Waals surface area contributed by atoms with Gasteiger partial charge in [-0.2, -0.15) is 0 Å². The van der Waals surface area contributed by atoms with Gasteiger partial charge < -0.3 is 9.16 Å². The third-order valence-corrected chi connectivity index (χ3v) is 12.2. The minimum absolute atomic E-state index is 0.146. The fraction of sp³-hybridized carbons (Fsp3) is 0.226. The van der Waals surface area contributed by atoms with Crippen molar-refractivity contribution in [2.45, 2.75) is 44.5 Å². The maximum Gasteiger partial charge on any atom is 0.250 e. The van der Waals surface area contributed by atoms with Gasteiger partial charge in [0, 0.05) is 16.7 Å². The monoisotopic (exact) mass is 462 g/mol. The Hall–Kier alpha value is -3.30. The van der Waals surface area contributed by atoms with E-state index in [-0.39, 0.29) is 5.04 Å². The summed E-state index contributed by atoms with van der Waals surface area (Å²) < 4.78 is 13.6. The smallest absolute Gasteiger partial charge is 0.250 e. The van der Waals surface area contributed by atoms with Crippen LogP contribution in [0.2, 0.25) is 18.1 Å². The molecule has 0 bridgehead atoms. The lowest BCUT2D eigenvalue weighted by molar-refractivity contribution is 0.166. The van der Waals surface area contributed by atoms with Crippen molar-refractivity contribution in [3.63, 3.8) is 0 Å². The zero-order valence-electron chi connectivity index (χ0n) is 20.5. The number of hydrogen-bond donors (Lipinski definition) is 0. The van der Waals surface area contributed by atoms with E-state index in [1.165, 1.54) is 33.0 Å². The zero-order chi connectivity index (χ0) is 23.7. The maximum absolute atomic E-state index is 6.92. The molecule has 0 aromatic heterocycles. The summed E-state index contributed by atoms with van der Waals surface area (Å²) in [5.41, 5.74) is 5.29. The van der Waals surface area contributed by atoms with Crippen LogP contribution in [-0.2, 0) is 5.60 Å². The summed E-state index contributed by atoms with van der Waals surface area (Å²) in [4.78, 5) is 0. The largest absolute Gasteiger partial charge is 0.543 e. The average molecular weight is 463 g/mol. The predicted octanol–water partition coefficient (Wildman–Crippen LogP) is 8.55. The van der Waals surface area contributed by atoms with Gasteiger partial charge in [0.15, 0.2) is 5.60 Å². The second-order valence-electron chi connectivity index (χ2n) is 11.0. The van der Waals surface area contributed by atoms with Crippen molar-refractivity contribution >= 4 is 25.2 Å². The molecule has 0 radical (unpaired) electrons. The molecule has 0 unspecified atom stereocenters. The molecule has 1 aliphatic carbocycles. The van der Waals surface area contributed by atoms with Gasteiger partial charge in [0.05, 0.1) is 0 Å². The van der Waals surface area contributed by atoms with Crippen LogP contribution in [0.3, 0.4) is 0 Å². The van der Waals surface area contributed by atoms with E-state index in [1.54, 1.807) is 0 Å². The lowest BCUT2D eigenvalue weighted by Gasteiger charge is -2.37. The van der Waals surface area contributed by atoms with Crippen molar-refractivity contribution in [3.05, 3.63) is 102 Å². The topological polar surface area (TPSA) is 18.5 Å². The maximum atomic E-state index is 6.92. The highest BCUT2D eigenvalue weighted by Gasteiger charge is 2.46. The normalized spacial score (nSPS) is 18.4. The van der Waals surface area contributed by atoms with E-state index >= 15 is 0 Å². The number of rotatable bonds is 2. The molecule has 1 aliphatic heterocycles. The molecule has 2 nitrogen and oxygen atoms in total. The van der Waals surface area contributed by atoms with Gasteiger partial charge >= 0.3 is 0 Å². The second-order valence-corrected chi connectivity index (χ2v) is 15.7. The summed E-state index contributed by atoms with van der Waals surface area (Å²) in [6.45, 7) is 11.4. The molecule has 0 fully saturated rings. The van der Waals surface area contributed by atoms with Crippen molar-refractivity contribution in [2.24, 2.45) is 0 Å². The molecule has 6 rings (SSSR count). The van der Waals surface area contributed by atoms with Crippen molar-refractivity contribution in [3.8, 4) is 22.6 Å². The summed E-state index contributed by atoms with van der Waals surface area (Å²) in [6.07, 6.45) is 4.48. The Kier molecular flexibility index (Phi) is 4.44. The highest BCUT2D eigenvalue weighted by molar-refractivity contribution is 6.74. The summed E-state index contributed by atoms with van der Waals surface area (Å²) in [6, 6.07) is 27.9. The van der Waals surface area contributed by atoms with E-state index in [9.17, 15) is 0 Å². The highest BCUT2D eigenvalue weighted by atomic mass is 28.4. The molecule has 0 saturated heterocycles. The molecule has 0 amide bonds. The molecule has 2 aliphatic rings. The molecule has 1 spiro atoms. The number of hydrogen-bond acceptors (Lipinski definition) is 2. The Morgan fingerprint density at radius 2 is 1.53 bits per heavy atom. The quantitative estimate of drug-likeness (QED) is 0.278. The van der Waals surface area contributed by atoms with Crippen molar-refractivity contribution in [1.82, 2.24) is 0 Å². The van der Waals surface area contributed by atoms with Crippen LogP contribution < -0.4 is 9.16 Å².